The molecule has 0 aliphatic carbocycles. The second-order valence-corrected chi connectivity index (χ2v) is 6.95. The summed E-state index contributed by atoms with van der Waals surface area (Å²) in [4.78, 5) is 2.55. The van der Waals surface area contributed by atoms with E-state index >= 15 is 0 Å². The van der Waals surface area contributed by atoms with Crippen LogP contribution in [0.5, 0.6) is 0 Å². The van der Waals surface area contributed by atoms with Crippen LogP contribution >= 0.6 is 0 Å². The van der Waals surface area contributed by atoms with E-state index in [9.17, 15) is 0 Å². The summed E-state index contributed by atoms with van der Waals surface area (Å²) in [6, 6.07) is 4.47. The summed E-state index contributed by atoms with van der Waals surface area (Å²) in [7, 11) is 4.44. The number of aromatic nitrogens is 1. The maximum Gasteiger partial charge on any atom is 0.186 e. The third kappa shape index (κ3) is 2.31. The predicted octanol–water partition coefficient (Wildman–Crippen LogP) is 2.49. The van der Waals surface area contributed by atoms with Crippen molar-refractivity contribution in [3.05, 3.63) is 29.6 Å². The van der Waals surface area contributed by atoms with Crippen LogP contribution in [0, 0.1) is 0 Å². The fourth-order valence-corrected chi connectivity index (χ4v) is 3.12. The molecule has 0 fully saturated rings. The van der Waals surface area contributed by atoms with Crippen molar-refractivity contribution in [1.82, 2.24) is 4.90 Å². The third-order valence-electron chi connectivity index (χ3n) is 4.83. The predicted molar refractivity (Wildman–Crippen MR) is 75.6 cm³/mol. The zero-order valence-corrected chi connectivity index (χ0v) is 12.7. The van der Waals surface area contributed by atoms with E-state index in [-0.39, 0.29) is 11.1 Å². The largest absolute Gasteiger partial charge is 0.296 e. The quantitative estimate of drug-likeness (QED) is 0.639. The van der Waals surface area contributed by atoms with Gasteiger partial charge < -0.3 is 0 Å². The van der Waals surface area contributed by atoms with Gasteiger partial charge in [-0.1, -0.05) is 0 Å². The molecule has 1 aromatic rings. The smallest absolute Gasteiger partial charge is 0.186 e. The van der Waals surface area contributed by atoms with Gasteiger partial charge in [0.25, 0.3) is 0 Å². The SMILES string of the molecule is CN1C(C)(C)CCc2ccc[n+](C)c2CC1(C)C. The highest BCUT2D eigenvalue weighted by molar-refractivity contribution is 5.20. The van der Waals surface area contributed by atoms with E-state index in [0.29, 0.717) is 0 Å². The molecule has 2 rings (SSSR count). The van der Waals surface area contributed by atoms with Crippen molar-refractivity contribution in [2.45, 2.75) is 58.0 Å². The van der Waals surface area contributed by atoms with E-state index in [1.807, 2.05) is 0 Å². The van der Waals surface area contributed by atoms with Crippen LogP contribution < -0.4 is 4.57 Å². The Kier molecular flexibility index (Phi) is 3.26. The van der Waals surface area contributed by atoms with Gasteiger partial charge >= 0.3 is 0 Å². The minimum absolute atomic E-state index is 0.192. The van der Waals surface area contributed by atoms with Crippen molar-refractivity contribution in [1.29, 1.82) is 0 Å². The molecule has 100 valence electrons. The van der Waals surface area contributed by atoms with Crippen molar-refractivity contribution in [3.8, 4) is 0 Å². The van der Waals surface area contributed by atoms with Gasteiger partial charge in [0.05, 0.1) is 6.42 Å². The van der Waals surface area contributed by atoms with Crippen molar-refractivity contribution in [3.63, 3.8) is 0 Å². The van der Waals surface area contributed by atoms with Gasteiger partial charge in [0.2, 0.25) is 0 Å². The van der Waals surface area contributed by atoms with Crippen LogP contribution in [-0.2, 0) is 19.9 Å². The molecule has 0 N–H and O–H groups in total. The van der Waals surface area contributed by atoms with Crippen LogP contribution in [0.4, 0.5) is 0 Å². The number of aryl methyl sites for hydroxylation is 2. The van der Waals surface area contributed by atoms with E-state index < -0.39 is 0 Å². The molecule has 18 heavy (non-hydrogen) atoms. The Morgan fingerprint density at radius 2 is 1.83 bits per heavy atom. The van der Waals surface area contributed by atoms with E-state index in [0.717, 1.165) is 6.42 Å². The summed E-state index contributed by atoms with van der Waals surface area (Å²) in [5.74, 6) is 0. The zero-order chi connectivity index (χ0) is 13.6. The summed E-state index contributed by atoms with van der Waals surface area (Å²) in [6.45, 7) is 9.44. The first-order chi connectivity index (χ1) is 8.24. The van der Waals surface area contributed by atoms with Crippen molar-refractivity contribution in [2.24, 2.45) is 7.05 Å². The van der Waals surface area contributed by atoms with Crippen LogP contribution in [0.1, 0.15) is 45.4 Å². The molecule has 2 heterocycles. The first-order valence-electron chi connectivity index (χ1n) is 6.94. The fourth-order valence-electron chi connectivity index (χ4n) is 3.12. The number of fused-ring (bicyclic) bond motifs is 1. The highest BCUT2D eigenvalue weighted by Gasteiger charge is 2.39. The summed E-state index contributed by atoms with van der Waals surface area (Å²) in [5.41, 5.74) is 3.46. The molecule has 0 atom stereocenters. The molecule has 0 saturated carbocycles. The molecule has 2 heteroatoms. The number of likely N-dealkylation sites (N-methyl/N-ethyl adjacent to an activating group) is 1. The maximum atomic E-state index is 2.55. The molecule has 0 unspecified atom stereocenters. The maximum absolute atomic E-state index is 2.55. The lowest BCUT2D eigenvalue weighted by molar-refractivity contribution is -0.680. The normalized spacial score (nSPS) is 23.0. The lowest BCUT2D eigenvalue weighted by Crippen LogP contribution is -2.57. The molecule has 2 nitrogen and oxygen atoms in total. The molecular formula is C16H27N2+. The van der Waals surface area contributed by atoms with E-state index in [2.05, 4.69) is 69.6 Å². The Morgan fingerprint density at radius 3 is 2.50 bits per heavy atom. The summed E-state index contributed by atoms with van der Waals surface area (Å²) >= 11 is 0. The van der Waals surface area contributed by atoms with Gasteiger partial charge in [-0.2, -0.15) is 0 Å². The molecule has 0 amide bonds. The highest BCUT2D eigenvalue weighted by atomic mass is 15.2. The standard InChI is InChI=1S/C16H27N2/c1-15(2)10-9-13-8-7-11-17(5)14(13)12-16(3,4)18(15)6/h7-8,11H,9-10,12H2,1-6H3/q+1. The average Bonchev–Trinajstić information content (AvgIpc) is 2.28. The second-order valence-electron chi connectivity index (χ2n) is 6.95. The van der Waals surface area contributed by atoms with Crippen molar-refractivity contribution in [2.75, 3.05) is 7.05 Å². The molecular weight excluding hydrogens is 220 g/mol. The molecule has 0 saturated heterocycles. The molecule has 1 aromatic heterocycles. The lowest BCUT2D eigenvalue weighted by Gasteiger charge is -2.47. The summed E-state index contributed by atoms with van der Waals surface area (Å²) < 4.78 is 2.29. The van der Waals surface area contributed by atoms with Crippen molar-refractivity contribution >= 4 is 0 Å². The van der Waals surface area contributed by atoms with Gasteiger partial charge in [-0.3, -0.25) is 4.90 Å². The Bertz CT molecular complexity index is 446. The van der Waals surface area contributed by atoms with Crippen LogP contribution in [0.3, 0.4) is 0 Å². The molecule has 0 aromatic carbocycles. The molecule has 0 radical (unpaired) electrons. The Balaban J connectivity index is 2.49. The topological polar surface area (TPSA) is 7.12 Å². The first-order valence-corrected chi connectivity index (χ1v) is 6.94. The number of hydrogen-bond donors (Lipinski definition) is 0. The zero-order valence-electron chi connectivity index (χ0n) is 12.7. The number of hydrogen-bond acceptors (Lipinski definition) is 1. The minimum atomic E-state index is 0.192. The van der Waals surface area contributed by atoms with Crippen LogP contribution in [0.15, 0.2) is 18.3 Å². The Morgan fingerprint density at radius 1 is 1.17 bits per heavy atom. The third-order valence-corrected chi connectivity index (χ3v) is 4.83. The van der Waals surface area contributed by atoms with Crippen molar-refractivity contribution < 1.29 is 4.57 Å². The average molecular weight is 247 g/mol. The van der Waals surface area contributed by atoms with Crippen LogP contribution in [0.25, 0.3) is 0 Å². The van der Waals surface area contributed by atoms with Gasteiger partial charge in [-0.05, 0) is 53.7 Å². The molecule has 0 bridgehead atoms. The molecule has 1 aliphatic rings. The van der Waals surface area contributed by atoms with E-state index in [4.69, 9.17) is 0 Å². The summed E-state index contributed by atoms with van der Waals surface area (Å²) in [6.07, 6.45) is 5.67. The number of nitrogens with zero attached hydrogens (tertiary/aromatic N) is 2. The van der Waals surface area contributed by atoms with Gasteiger partial charge in [0, 0.05) is 22.7 Å². The minimum Gasteiger partial charge on any atom is -0.296 e. The Labute approximate surface area is 112 Å². The highest BCUT2D eigenvalue weighted by Crippen LogP contribution is 2.32. The number of rotatable bonds is 0. The van der Waals surface area contributed by atoms with E-state index in [1.165, 1.54) is 24.1 Å². The molecule has 1 aliphatic heterocycles. The van der Waals surface area contributed by atoms with Gasteiger partial charge in [-0.25, -0.2) is 4.57 Å². The van der Waals surface area contributed by atoms with Gasteiger partial charge in [0.1, 0.15) is 7.05 Å². The van der Waals surface area contributed by atoms with Crippen LogP contribution in [-0.4, -0.2) is 23.0 Å². The lowest BCUT2D eigenvalue weighted by atomic mass is 9.82. The summed E-state index contributed by atoms with van der Waals surface area (Å²) in [5, 5.41) is 0. The van der Waals surface area contributed by atoms with Gasteiger partial charge in [-0.15, -0.1) is 0 Å². The Hall–Kier alpha value is -0.890. The van der Waals surface area contributed by atoms with Gasteiger partial charge in [0.15, 0.2) is 11.9 Å². The monoisotopic (exact) mass is 247 g/mol. The number of pyridine rings is 1. The fraction of sp³-hybridized carbons (Fsp3) is 0.688. The first kappa shape index (κ1) is 13.5. The molecule has 0 spiro atoms. The van der Waals surface area contributed by atoms with E-state index in [1.54, 1.807) is 0 Å². The van der Waals surface area contributed by atoms with Crippen LogP contribution in [0.2, 0.25) is 0 Å². The second kappa shape index (κ2) is 4.34.